The number of hydrogen-bond donors (Lipinski definition) is 2. The van der Waals surface area contributed by atoms with Gasteiger partial charge in [-0.2, -0.15) is 0 Å². The fourth-order valence-corrected chi connectivity index (χ4v) is 5.14. The maximum atomic E-state index is 13.1. The minimum atomic E-state index is -0.0863. The molecule has 1 fully saturated rings. The lowest BCUT2D eigenvalue weighted by atomic mass is 9.80. The van der Waals surface area contributed by atoms with Crippen LogP contribution in [-0.2, 0) is 9.53 Å². The zero-order valence-electron chi connectivity index (χ0n) is 19.9. The van der Waals surface area contributed by atoms with Gasteiger partial charge in [-0.25, -0.2) is 4.98 Å². The second kappa shape index (κ2) is 9.91. The van der Waals surface area contributed by atoms with Crippen LogP contribution >= 0.6 is 0 Å². The van der Waals surface area contributed by atoms with Crippen molar-refractivity contribution in [1.82, 2.24) is 10.3 Å². The van der Waals surface area contributed by atoms with Gasteiger partial charge in [-0.15, -0.1) is 0 Å². The molecule has 4 rings (SSSR count). The van der Waals surface area contributed by atoms with E-state index in [0.717, 1.165) is 42.0 Å². The van der Waals surface area contributed by atoms with Gasteiger partial charge < -0.3 is 20.3 Å². The van der Waals surface area contributed by atoms with Crippen LogP contribution in [0.3, 0.4) is 0 Å². The Labute approximate surface area is 195 Å². The highest BCUT2D eigenvalue weighted by atomic mass is 16.5. The van der Waals surface area contributed by atoms with Crippen molar-refractivity contribution < 1.29 is 14.3 Å². The van der Waals surface area contributed by atoms with Crippen molar-refractivity contribution in [3.8, 4) is 0 Å². The average molecular weight is 451 g/mol. The van der Waals surface area contributed by atoms with Crippen LogP contribution in [0.15, 0.2) is 36.4 Å². The highest BCUT2D eigenvalue weighted by Gasteiger charge is 2.40. The standard InChI is InChI=1S/C26H34N4O3/c1-5-22-17(3)25(29-24-8-6-7-16(2)27-24)21-15-19(9-10-23(21)30(22)18(4)31)26(32)28-20-11-13-33-14-12-20/h6-10,15,17,20,22,25H,5,11-14H2,1-4H3,(H,27,29)(H,28,32). The fourth-order valence-electron chi connectivity index (χ4n) is 5.14. The van der Waals surface area contributed by atoms with Crippen LogP contribution in [0.25, 0.3) is 0 Å². The predicted octanol–water partition coefficient (Wildman–Crippen LogP) is 4.23. The van der Waals surface area contributed by atoms with Crippen LogP contribution in [0.2, 0.25) is 0 Å². The second-order valence-corrected chi connectivity index (χ2v) is 9.14. The number of aryl methyl sites for hydroxylation is 1. The second-order valence-electron chi connectivity index (χ2n) is 9.14. The number of ether oxygens (including phenoxy) is 1. The molecular formula is C26H34N4O3. The normalized spacial score (nSPS) is 23.0. The summed E-state index contributed by atoms with van der Waals surface area (Å²) in [6.45, 7) is 9.20. The number of amides is 2. The van der Waals surface area contributed by atoms with E-state index in [1.54, 1.807) is 6.92 Å². The Hall–Kier alpha value is -2.93. The van der Waals surface area contributed by atoms with Crippen LogP contribution in [0.4, 0.5) is 11.5 Å². The topological polar surface area (TPSA) is 83.6 Å². The van der Waals surface area contributed by atoms with Gasteiger partial charge in [0.2, 0.25) is 5.91 Å². The summed E-state index contributed by atoms with van der Waals surface area (Å²) in [6.07, 6.45) is 2.49. The number of carbonyl (C=O) groups is 2. The molecule has 0 saturated carbocycles. The lowest BCUT2D eigenvalue weighted by Crippen LogP contribution is -2.49. The Balaban J connectivity index is 1.71. The van der Waals surface area contributed by atoms with Crippen LogP contribution in [-0.4, -0.2) is 42.1 Å². The van der Waals surface area contributed by atoms with E-state index in [0.29, 0.717) is 18.8 Å². The Kier molecular flexibility index (Phi) is 6.98. The largest absolute Gasteiger partial charge is 0.381 e. The first-order chi connectivity index (χ1) is 15.9. The summed E-state index contributed by atoms with van der Waals surface area (Å²) in [5.74, 6) is 0.849. The molecule has 0 bridgehead atoms. The zero-order valence-corrected chi connectivity index (χ0v) is 19.9. The number of nitrogens with one attached hydrogen (secondary N) is 2. The van der Waals surface area contributed by atoms with E-state index in [1.165, 1.54) is 0 Å². The molecule has 3 atom stereocenters. The maximum Gasteiger partial charge on any atom is 0.251 e. The van der Waals surface area contributed by atoms with E-state index in [9.17, 15) is 9.59 Å². The van der Waals surface area contributed by atoms with Crippen molar-refractivity contribution in [1.29, 1.82) is 0 Å². The molecule has 2 amide bonds. The maximum absolute atomic E-state index is 13.1. The van der Waals surface area contributed by atoms with Gasteiger partial charge in [-0.05, 0) is 62.1 Å². The lowest BCUT2D eigenvalue weighted by molar-refractivity contribution is -0.117. The van der Waals surface area contributed by atoms with E-state index in [4.69, 9.17) is 4.74 Å². The third kappa shape index (κ3) is 4.88. The smallest absolute Gasteiger partial charge is 0.251 e. The molecule has 2 aliphatic rings. The van der Waals surface area contributed by atoms with Crippen molar-refractivity contribution in [2.45, 2.75) is 65.1 Å². The summed E-state index contributed by atoms with van der Waals surface area (Å²) < 4.78 is 5.40. The first kappa shape index (κ1) is 23.2. The molecule has 2 aliphatic heterocycles. The Morgan fingerprint density at radius 1 is 1.18 bits per heavy atom. The van der Waals surface area contributed by atoms with Gasteiger partial charge in [0.15, 0.2) is 0 Å². The Morgan fingerprint density at radius 3 is 2.61 bits per heavy atom. The summed E-state index contributed by atoms with van der Waals surface area (Å²) >= 11 is 0. The number of carbonyl (C=O) groups excluding carboxylic acids is 2. The van der Waals surface area contributed by atoms with E-state index in [2.05, 4.69) is 29.5 Å². The molecule has 1 aromatic heterocycles. The zero-order chi connectivity index (χ0) is 23.5. The molecule has 1 saturated heterocycles. The van der Waals surface area contributed by atoms with Gasteiger partial charge in [-0.3, -0.25) is 9.59 Å². The van der Waals surface area contributed by atoms with Crippen LogP contribution in [0.1, 0.15) is 67.7 Å². The van der Waals surface area contributed by atoms with Crippen molar-refractivity contribution in [3.05, 3.63) is 53.2 Å². The van der Waals surface area contributed by atoms with E-state index >= 15 is 0 Å². The van der Waals surface area contributed by atoms with Crippen LogP contribution < -0.4 is 15.5 Å². The number of rotatable bonds is 5. The van der Waals surface area contributed by atoms with Crippen molar-refractivity contribution in [3.63, 3.8) is 0 Å². The number of hydrogen-bond acceptors (Lipinski definition) is 5. The number of nitrogens with zero attached hydrogens (tertiary/aromatic N) is 2. The van der Waals surface area contributed by atoms with Gasteiger partial charge in [0.05, 0.1) is 6.04 Å². The van der Waals surface area contributed by atoms with Gasteiger partial charge in [0, 0.05) is 55.1 Å². The lowest BCUT2D eigenvalue weighted by Gasteiger charge is -2.45. The molecule has 3 heterocycles. The van der Waals surface area contributed by atoms with Crippen molar-refractivity contribution in [2.24, 2.45) is 5.92 Å². The third-order valence-corrected chi connectivity index (χ3v) is 6.85. The SMILES string of the molecule is CCC1C(C)C(Nc2cccc(C)n2)c2cc(C(=O)NC3CCOCC3)ccc2N1C(C)=O. The van der Waals surface area contributed by atoms with Gasteiger partial charge in [-0.1, -0.05) is 19.9 Å². The number of anilines is 2. The molecule has 7 heteroatoms. The molecule has 0 aliphatic carbocycles. The third-order valence-electron chi connectivity index (χ3n) is 6.85. The highest BCUT2D eigenvalue weighted by molar-refractivity contribution is 5.98. The minimum absolute atomic E-state index is 0.0153. The summed E-state index contributed by atoms with van der Waals surface area (Å²) in [6, 6.07) is 11.7. The minimum Gasteiger partial charge on any atom is -0.381 e. The average Bonchev–Trinajstić information content (AvgIpc) is 2.80. The van der Waals surface area contributed by atoms with Gasteiger partial charge in [0.1, 0.15) is 5.82 Å². The molecule has 2 aromatic rings. The quantitative estimate of drug-likeness (QED) is 0.712. The molecular weight excluding hydrogens is 416 g/mol. The predicted molar refractivity (Wildman–Crippen MR) is 129 cm³/mol. The molecule has 33 heavy (non-hydrogen) atoms. The molecule has 3 unspecified atom stereocenters. The molecule has 7 nitrogen and oxygen atoms in total. The molecule has 2 N–H and O–H groups in total. The first-order valence-electron chi connectivity index (χ1n) is 11.9. The Bertz CT molecular complexity index is 1020. The Morgan fingerprint density at radius 2 is 1.94 bits per heavy atom. The number of pyridine rings is 1. The van der Waals surface area contributed by atoms with E-state index < -0.39 is 0 Å². The van der Waals surface area contributed by atoms with Crippen molar-refractivity contribution in [2.75, 3.05) is 23.4 Å². The van der Waals surface area contributed by atoms with E-state index in [1.807, 2.05) is 48.2 Å². The van der Waals surface area contributed by atoms with E-state index in [-0.39, 0.29) is 35.9 Å². The van der Waals surface area contributed by atoms with Gasteiger partial charge in [0.25, 0.3) is 5.91 Å². The van der Waals surface area contributed by atoms with Crippen LogP contribution in [0, 0.1) is 12.8 Å². The number of fused-ring (bicyclic) bond motifs is 1. The molecule has 176 valence electrons. The molecule has 0 spiro atoms. The number of benzene rings is 1. The fraction of sp³-hybridized carbons (Fsp3) is 0.500. The highest BCUT2D eigenvalue weighted by Crippen LogP contribution is 2.43. The number of aromatic nitrogens is 1. The summed E-state index contributed by atoms with van der Waals surface area (Å²) in [4.78, 5) is 32.3. The summed E-state index contributed by atoms with van der Waals surface area (Å²) in [5, 5.41) is 6.75. The molecule has 1 aromatic carbocycles. The summed E-state index contributed by atoms with van der Waals surface area (Å²) in [7, 11) is 0. The summed E-state index contributed by atoms with van der Waals surface area (Å²) in [5.41, 5.74) is 3.35. The monoisotopic (exact) mass is 450 g/mol. The molecule has 0 radical (unpaired) electrons. The van der Waals surface area contributed by atoms with Gasteiger partial charge >= 0.3 is 0 Å². The van der Waals surface area contributed by atoms with Crippen molar-refractivity contribution >= 4 is 23.3 Å². The van der Waals surface area contributed by atoms with Crippen LogP contribution in [0.5, 0.6) is 0 Å². The first-order valence-corrected chi connectivity index (χ1v) is 11.9.